The molecule has 1 aromatic heterocycles. The number of carbonyl (C=O) groups is 2. The molecule has 204 valence electrons. The van der Waals surface area contributed by atoms with Crippen molar-refractivity contribution in [1.82, 2.24) is 9.88 Å². The predicted molar refractivity (Wildman–Crippen MR) is 143 cm³/mol. The van der Waals surface area contributed by atoms with Gasteiger partial charge in [0.1, 0.15) is 10.8 Å². The SMILES string of the molecule is CCCOC[C@@H]1C[C@](CC(C)C)(OC(=O)O)N(C(=O)c2ccc(C(C)(C)C)c(OC)c2)[C@H]1c1nccs1. The van der Waals surface area contributed by atoms with Gasteiger partial charge in [-0.25, -0.2) is 9.78 Å². The smallest absolute Gasteiger partial charge is 0.496 e. The third-order valence-corrected chi connectivity index (χ3v) is 7.46. The summed E-state index contributed by atoms with van der Waals surface area (Å²) in [5.41, 5.74) is -0.155. The quantitative estimate of drug-likeness (QED) is 0.275. The van der Waals surface area contributed by atoms with Gasteiger partial charge in [0.15, 0.2) is 5.72 Å². The zero-order chi connectivity index (χ0) is 27.4. The van der Waals surface area contributed by atoms with E-state index in [-0.39, 0.29) is 23.2 Å². The third-order valence-electron chi connectivity index (χ3n) is 6.61. The van der Waals surface area contributed by atoms with E-state index >= 15 is 0 Å². The molecule has 2 aromatic rings. The van der Waals surface area contributed by atoms with Gasteiger partial charge in [-0.1, -0.05) is 47.6 Å². The summed E-state index contributed by atoms with van der Waals surface area (Å²) in [5, 5.41) is 12.4. The van der Waals surface area contributed by atoms with Crippen LogP contribution in [-0.4, -0.2) is 53.1 Å². The van der Waals surface area contributed by atoms with E-state index in [1.165, 1.54) is 11.3 Å². The molecular formula is C28H40N2O6S. The fourth-order valence-corrected chi connectivity index (χ4v) is 6.13. The summed E-state index contributed by atoms with van der Waals surface area (Å²) >= 11 is 1.44. The molecule has 0 saturated carbocycles. The third kappa shape index (κ3) is 6.44. The van der Waals surface area contributed by atoms with Gasteiger partial charge in [-0.05, 0) is 35.4 Å². The molecule has 1 saturated heterocycles. The highest BCUT2D eigenvalue weighted by molar-refractivity contribution is 7.09. The topological polar surface area (TPSA) is 98.2 Å². The lowest BCUT2D eigenvalue weighted by Gasteiger charge is -2.40. The van der Waals surface area contributed by atoms with Crippen molar-refractivity contribution >= 4 is 23.4 Å². The van der Waals surface area contributed by atoms with Crippen LogP contribution in [0, 0.1) is 11.8 Å². The highest BCUT2D eigenvalue weighted by Gasteiger charge is 2.58. The van der Waals surface area contributed by atoms with Crippen molar-refractivity contribution in [3.8, 4) is 5.75 Å². The van der Waals surface area contributed by atoms with Crippen LogP contribution in [0.4, 0.5) is 4.79 Å². The Labute approximate surface area is 223 Å². The molecule has 0 unspecified atom stereocenters. The summed E-state index contributed by atoms with van der Waals surface area (Å²) in [4.78, 5) is 32.6. The zero-order valence-corrected chi connectivity index (χ0v) is 23.8. The van der Waals surface area contributed by atoms with Crippen LogP contribution in [0.15, 0.2) is 29.8 Å². The second-order valence-corrected chi connectivity index (χ2v) is 12.0. The Morgan fingerprint density at radius 1 is 1.30 bits per heavy atom. The van der Waals surface area contributed by atoms with Crippen LogP contribution in [0.1, 0.15) is 87.8 Å². The molecule has 1 N–H and O–H groups in total. The Morgan fingerprint density at radius 3 is 2.57 bits per heavy atom. The highest BCUT2D eigenvalue weighted by atomic mass is 32.1. The first kappa shape index (κ1) is 28.9. The molecule has 1 aliphatic rings. The molecule has 9 heteroatoms. The summed E-state index contributed by atoms with van der Waals surface area (Å²) in [7, 11) is 1.59. The van der Waals surface area contributed by atoms with Gasteiger partial charge < -0.3 is 19.3 Å². The van der Waals surface area contributed by atoms with E-state index in [2.05, 4.69) is 25.8 Å². The van der Waals surface area contributed by atoms with E-state index in [1.807, 2.05) is 32.2 Å². The molecule has 8 nitrogen and oxygen atoms in total. The Kier molecular flexibility index (Phi) is 9.23. The van der Waals surface area contributed by atoms with Crippen LogP contribution < -0.4 is 4.74 Å². The summed E-state index contributed by atoms with van der Waals surface area (Å²) in [5.74, 6) is 0.175. The number of likely N-dealkylation sites (tertiary alicyclic amines) is 1. The molecule has 0 bridgehead atoms. The van der Waals surface area contributed by atoms with Crippen LogP contribution in [0.3, 0.4) is 0 Å². The first-order valence-corrected chi connectivity index (χ1v) is 13.7. The van der Waals surface area contributed by atoms with Gasteiger partial charge in [0, 0.05) is 42.5 Å². The van der Waals surface area contributed by atoms with Crippen molar-refractivity contribution in [2.75, 3.05) is 20.3 Å². The van der Waals surface area contributed by atoms with Gasteiger partial charge in [-0.3, -0.25) is 9.69 Å². The maximum Gasteiger partial charge on any atom is 0.507 e. The zero-order valence-electron chi connectivity index (χ0n) is 22.9. The fraction of sp³-hybridized carbons (Fsp3) is 0.607. The largest absolute Gasteiger partial charge is 0.507 e. The summed E-state index contributed by atoms with van der Waals surface area (Å²) in [6, 6.07) is 4.94. The van der Waals surface area contributed by atoms with Crippen LogP contribution in [0.25, 0.3) is 0 Å². The summed E-state index contributed by atoms with van der Waals surface area (Å²) in [6.45, 7) is 13.2. The highest BCUT2D eigenvalue weighted by Crippen LogP contribution is 2.51. The molecule has 2 heterocycles. The molecule has 0 spiro atoms. The number of hydrogen-bond acceptors (Lipinski definition) is 7. The molecule has 3 atom stereocenters. The van der Waals surface area contributed by atoms with E-state index in [0.29, 0.717) is 37.4 Å². The van der Waals surface area contributed by atoms with Gasteiger partial charge in [0.2, 0.25) is 0 Å². The number of ether oxygens (including phenoxy) is 3. The van der Waals surface area contributed by atoms with E-state index in [0.717, 1.165) is 17.0 Å². The summed E-state index contributed by atoms with van der Waals surface area (Å²) in [6.07, 6.45) is 1.84. The molecule has 1 aromatic carbocycles. The number of hydrogen-bond donors (Lipinski definition) is 1. The minimum Gasteiger partial charge on any atom is -0.496 e. The van der Waals surface area contributed by atoms with Crippen LogP contribution in [-0.2, 0) is 14.9 Å². The van der Waals surface area contributed by atoms with Crippen molar-refractivity contribution < 1.29 is 28.9 Å². The number of methoxy groups -OCH3 is 1. The van der Waals surface area contributed by atoms with Gasteiger partial charge in [-0.15, -0.1) is 11.3 Å². The minimum absolute atomic E-state index is 0.0692. The average Bonchev–Trinajstić information content (AvgIpc) is 3.43. The van der Waals surface area contributed by atoms with Crippen molar-refractivity contribution in [2.45, 2.75) is 78.0 Å². The van der Waals surface area contributed by atoms with E-state index in [1.54, 1.807) is 30.3 Å². The second kappa shape index (κ2) is 11.8. The molecule has 0 aliphatic carbocycles. The molecule has 1 aliphatic heterocycles. The fourth-order valence-electron chi connectivity index (χ4n) is 5.31. The number of nitrogens with zero attached hydrogens (tertiary/aromatic N) is 2. The number of benzene rings is 1. The first-order valence-electron chi connectivity index (χ1n) is 12.8. The van der Waals surface area contributed by atoms with E-state index in [9.17, 15) is 14.7 Å². The van der Waals surface area contributed by atoms with Crippen molar-refractivity contribution in [3.05, 3.63) is 45.9 Å². The first-order chi connectivity index (χ1) is 17.4. The number of carboxylic acid groups (broad SMARTS) is 1. The maximum atomic E-state index is 14.4. The molecule has 1 amide bonds. The van der Waals surface area contributed by atoms with Crippen molar-refractivity contribution in [3.63, 3.8) is 0 Å². The lowest BCUT2D eigenvalue weighted by atomic mass is 9.85. The predicted octanol–water partition coefficient (Wildman–Crippen LogP) is 6.52. The molecule has 3 rings (SSSR count). The van der Waals surface area contributed by atoms with Gasteiger partial charge >= 0.3 is 6.16 Å². The monoisotopic (exact) mass is 532 g/mol. The minimum atomic E-state index is -1.41. The van der Waals surface area contributed by atoms with E-state index in [4.69, 9.17) is 14.2 Å². The summed E-state index contributed by atoms with van der Waals surface area (Å²) < 4.78 is 17.3. The van der Waals surface area contributed by atoms with Gasteiger partial charge in [-0.2, -0.15) is 0 Å². The lowest BCUT2D eigenvalue weighted by Crippen LogP contribution is -2.52. The number of carbonyl (C=O) groups excluding carboxylic acids is 1. The second-order valence-electron chi connectivity index (χ2n) is 11.1. The number of thiazole rings is 1. The molecule has 0 radical (unpaired) electrons. The standard InChI is InChI=1S/C28H40N2O6S/c1-8-12-35-17-20-16-28(15-18(2)3,36-26(32)33)30(23(20)24-29-11-13-37-24)25(31)19-9-10-21(27(4,5)6)22(14-19)34-7/h9-11,13-14,18,20,23H,8,12,15-17H2,1-7H3,(H,32,33)/t20-,23+,28-/m0/s1. The lowest BCUT2D eigenvalue weighted by molar-refractivity contribution is -0.108. The van der Waals surface area contributed by atoms with Crippen molar-refractivity contribution in [2.24, 2.45) is 11.8 Å². The molecule has 1 fully saturated rings. The Bertz CT molecular complexity index is 1070. The normalized spacial score (nSPS) is 21.9. The van der Waals surface area contributed by atoms with Crippen molar-refractivity contribution in [1.29, 1.82) is 0 Å². The van der Waals surface area contributed by atoms with Gasteiger partial charge in [0.05, 0.1) is 19.8 Å². The van der Waals surface area contributed by atoms with Gasteiger partial charge in [0.25, 0.3) is 5.91 Å². The number of aromatic nitrogens is 1. The Morgan fingerprint density at radius 2 is 2.03 bits per heavy atom. The number of amides is 1. The van der Waals surface area contributed by atoms with Crippen LogP contribution in [0.2, 0.25) is 0 Å². The molecule has 37 heavy (non-hydrogen) atoms. The maximum absolute atomic E-state index is 14.4. The number of rotatable bonds is 10. The Hall–Kier alpha value is -2.65. The van der Waals surface area contributed by atoms with E-state index < -0.39 is 17.9 Å². The average molecular weight is 533 g/mol. The Balaban J connectivity index is 2.17. The van der Waals surface area contributed by atoms with Crippen LogP contribution >= 0.6 is 11.3 Å². The molecular weight excluding hydrogens is 492 g/mol. The van der Waals surface area contributed by atoms with Crippen LogP contribution in [0.5, 0.6) is 5.75 Å².